The van der Waals surface area contributed by atoms with Crippen molar-refractivity contribution in [1.82, 2.24) is 5.32 Å². The van der Waals surface area contributed by atoms with Gasteiger partial charge in [0.25, 0.3) is 0 Å². The maximum atomic E-state index is 12.9. The van der Waals surface area contributed by atoms with Gasteiger partial charge in [-0.15, -0.1) is 0 Å². The van der Waals surface area contributed by atoms with Crippen LogP contribution in [0.25, 0.3) is 0 Å². The first-order valence-electron chi connectivity index (χ1n) is 27.4. The summed E-state index contributed by atoms with van der Waals surface area (Å²) in [6.45, 7) is 3.98. The zero-order valence-corrected chi connectivity index (χ0v) is 42.6. The van der Waals surface area contributed by atoms with Crippen LogP contribution in [0, 0.1) is 0 Å². The molecule has 11 nitrogen and oxygen atoms in total. The molecule has 1 aliphatic rings. The minimum Gasteiger partial charge on any atom is -0.466 e. The molecule has 1 aliphatic heterocycles. The Balaban J connectivity index is 2.10. The number of amides is 1. The molecule has 7 unspecified atom stereocenters. The first-order valence-corrected chi connectivity index (χ1v) is 27.4. The molecule has 0 aromatic heterocycles. The normalized spacial score (nSPS) is 19.9. The molecular weight excluding hydrogens is 847 g/mol. The Kier molecular flexibility index (Phi) is 43.0. The van der Waals surface area contributed by atoms with E-state index in [0.29, 0.717) is 32.3 Å². The lowest BCUT2D eigenvalue weighted by Crippen LogP contribution is -2.60. The SMILES string of the molecule is C/C=C/CC/C=C/CC/C=C/C(O)C(COC1OC(CO)C(O)C(O)C1O)NC(=O)CCCCCCC/C=C\CCCCOC(=O)CCCCCCCCCCCCCCCCCCCCC. The van der Waals surface area contributed by atoms with Crippen molar-refractivity contribution in [2.75, 3.05) is 19.8 Å². The lowest BCUT2D eigenvalue weighted by Gasteiger charge is -2.40. The number of allylic oxidation sites excluding steroid dienone is 7. The molecule has 1 amide bonds. The fraction of sp³-hybridized carbons (Fsp3) is 0.821. The van der Waals surface area contributed by atoms with Gasteiger partial charge in [0.05, 0.1) is 32.0 Å². The van der Waals surface area contributed by atoms with E-state index in [2.05, 4.69) is 42.6 Å². The lowest BCUT2D eigenvalue weighted by atomic mass is 9.99. The van der Waals surface area contributed by atoms with Crippen LogP contribution in [0.15, 0.2) is 48.6 Å². The van der Waals surface area contributed by atoms with Gasteiger partial charge in [-0.25, -0.2) is 0 Å². The van der Waals surface area contributed by atoms with Crippen molar-refractivity contribution in [3.63, 3.8) is 0 Å². The Morgan fingerprint density at radius 2 is 1.03 bits per heavy atom. The smallest absolute Gasteiger partial charge is 0.305 e. The average molecular weight is 948 g/mol. The first-order chi connectivity index (χ1) is 32.7. The molecule has 1 heterocycles. The molecule has 0 aliphatic carbocycles. The molecule has 11 heteroatoms. The Morgan fingerprint density at radius 3 is 1.57 bits per heavy atom. The summed E-state index contributed by atoms with van der Waals surface area (Å²) in [6.07, 6.45) is 46.6. The second-order valence-corrected chi connectivity index (χ2v) is 18.9. The van der Waals surface area contributed by atoms with Crippen molar-refractivity contribution in [3.05, 3.63) is 48.6 Å². The summed E-state index contributed by atoms with van der Waals surface area (Å²) in [7, 11) is 0. The van der Waals surface area contributed by atoms with Crippen LogP contribution in [0.1, 0.15) is 232 Å². The number of unbranched alkanes of at least 4 members (excludes halogenated alkanes) is 27. The van der Waals surface area contributed by atoms with Crippen molar-refractivity contribution in [2.24, 2.45) is 0 Å². The van der Waals surface area contributed by atoms with E-state index in [1.807, 2.05) is 19.1 Å². The van der Waals surface area contributed by atoms with E-state index in [9.17, 15) is 35.1 Å². The summed E-state index contributed by atoms with van der Waals surface area (Å²) in [5, 5.41) is 54.0. The average Bonchev–Trinajstić information content (AvgIpc) is 3.32. The highest BCUT2D eigenvalue weighted by molar-refractivity contribution is 5.76. The van der Waals surface area contributed by atoms with Crippen molar-refractivity contribution in [2.45, 2.75) is 275 Å². The third-order valence-electron chi connectivity index (χ3n) is 12.7. The van der Waals surface area contributed by atoms with Crippen molar-refractivity contribution in [1.29, 1.82) is 0 Å². The highest BCUT2D eigenvalue weighted by Crippen LogP contribution is 2.23. The molecular formula is C56H101NO10. The van der Waals surface area contributed by atoms with Crippen LogP contribution < -0.4 is 5.32 Å². The third-order valence-corrected chi connectivity index (χ3v) is 12.7. The minimum atomic E-state index is -1.59. The van der Waals surface area contributed by atoms with Crippen LogP contribution in [0.5, 0.6) is 0 Å². The molecule has 67 heavy (non-hydrogen) atoms. The molecule has 0 radical (unpaired) electrons. The van der Waals surface area contributed by atoms with Crippen LogP contribution >= 0.6 is 0 Å². The largest absolute Gasteiger partial charge is 0.466 e. The molecule has 1 saturated heterocycles. The number of hydrogen-bond donors (Lipinski definition) is 6. The minimum absolute atomic E-state index is 0.0558. The van der Waals surface area contributed by atoms with E-state index in [-0.39, 0.29) is 18.5 Å². The van der Waals surface area contributed by atoms with Gasteiger partial charge in [0.2, 0.25) is 5.91 Å². The van der Waals surface area contributed by atoms with Crippen molar-refractivity contribution in [3.8, 4) is 0 Å². The van der Waals surface area contributed by atoms with Crippen LogP contribution in [0.4, 0.5) is 0 Å². The van der Waals surface area contributed by atoms with E-state index >= 15 is 0 Å². The zero-order chi connectivity index (χ0) is 48.8. The highest BCUT2D eigenvalue weighted by Gasteiger charge is 2.44. The van der Waals surface area contributed by atoms with Gasteiger partial charge in [-0.05, 0) is 77.6 Å². The predicted molar refractivity (Wildman–Crippen MR) is 274 cm³/mol. The molecule has 6 N–H and O–H groups in total. The summed E-state index contributed by atoms with van der Waals surface area (Å²) in [5.74, 6) is -0.285. The number of aliphatic hydroxyl groups is 5. The van der Waals surface area contributed by atoms with E-state index < -0.39 is 49.5 Å². The van der Waals surface area contributed by atoms with Crippen LogP contribution in [-0.4, -0.2) is 100 Å². The Hall–Kier alpha value is -2.38. The van der Waals surface area contributed by atoms with Crippen LogP contribution in [-0.2, 0) is 23.8 Å². The van der Waals surface area contributed by atoms with Gasteiger partial charge in [0.15, 0.2) is 6.29 Å². The van der Waals surface area contributed by atoms with Gasteiger partial charge in [0.1, 0.15) is 24.4 Å². The molecule has 7 atom stereocenters. The fourth-order valence-electron chi connectivity index (χ4n) is 8.35. The number of hydrogen-bond acceptors (Lipinski definition) is 10. The van der Waals surface area contributed by atoms with E-state index in [0.717, 1.165) is 83.5 Å². The van der Waals surface area contributed by atoms with Gasteiger partial charge >= 0.3 is 5.97 Å². The number of aliphatic hydroxyl groups excluding tert-OH is 5. The van der Waals surface area contributed by atoms with E-state index in [1.54, 1.807) is 6.08 Å². The van der Waals surface area contributed by atoms with Crippen molar-refractivity contribution < 1.29 is 49.3 Å². The third kappa shape index (κ3) is 36.3. The van der Waals surface area contributed by atoms with E-state index in [4.69, 9.17) is 14.2 Å². The van der Waals surface area contributed by atoms with Crippen molar-refractivity contribution >= 4 is 11.9 Å². The molecule has 390 valence electrons. The highest BCUT2D eigenvalue weighted by atomic mass is 16.7. The zero-order valence-electron chi connectivity index (χ0n) is 42.6. The number of nitrogens with one attached hydrogen (secondary N) is 1. The number of carbonyl (C=O) groups excluding carboxylic acids is 2. The summed E-state index contributed by atoms with van der Waals surface area (Å²) < 4.78 is 16.6. The molecule has 0 aromatic rings. The maximum Gasteiger partial charge on any atom is 0.305 e. The van der Waals surface area contributed by atoms with Crippen LogP contribution in [0.2, 0.25) is 0 Å². The van der Waals surface area contributed by atoms with E-state index in [1.165, 1.54) is 109 Å². The number of esters is 1. The Labute approximate surface area is 408 Å². The topological polar surface area (TPSA) is 175 Å². The molecule has 1 rings (SSSR count). The first kappa shape index (κ1) is 62.6. The molecule has 1 fully saturated rings. The quantitative estimate of drug-likeness (QED) is 0.0196. The van der Waals surface area contributed by atoms with Gasteiger partial charge in [-0.3, -0.25) is 9.59 Å². The second kappa shape index (κ2) is 46.0. The van der Waals surface area contributed by atoms with Crippen LogP contribution in [0.3, 0.4) is 0 Å². The molecule has 0 saturated carbocycles. The lowest BCUT2D eigenvalue weighted by molar-refractivity contribution is -0.302. The number of ether oxygens (including phenoxy) is 3. The monoisotopic (exact) mass is 948 g/mol. The second-order valence-electron chi connectivity index (χ2n) is 18.9. The standard InChI is InChI=1S/C56H101NO10/c1-3-5-7-9-11-13-14-15-16-17-18-19-20-21-24-28-32-36-40-44-52(61)65-45-41-37-33-29-25-22-23-27-31-35-39-43-51(60)57-48(49(59)42-38-34-30-26-12-10-8-6-4-2)47-66-56-55(64)54(63)53(62)50(46-58)67-56/h4,6,12,25-26,29,38,42,48-50,53-56,58-59,62-64H,3,5,7-11,13-24,27-28,30-37,39-41,43-47H2,1-2H3,(H,57,60)/b6-4+,26-12+,29-25-,42-38+. The van der Waals surface area contributed by atoms with Gasteiger partial charge < -0.3 is 45.1 Å². The summed E-state index contributed by atoms with van der Waals surface area (Å²) in [5.41, 5.74) is 0. The van der Waals surface area contributed by atoms with Gasteiger partial charge in [-0.1, -0.05) is 190 Å². The molecule has 0 aromatic carbocycles. The fourth-order valence-corrected chi connectivity index (χ4v) is 8.35. The summed E-state index contributed by atoms with van der Waals surface area (Å²) in [4.78, 5) is 25.1. The summed E-state index contributed by atoms with van der Waals surface area (Å²) >= 11 is 0. The Bertz CT molecular complexity index is 1250. The van der Waals surface area contributed by atoms with Gasteiger partial charge in [0, 0.05) is 12.8 Å². The summed E-state index contributed by atoms with van der Waals surface area (Å²) in [6, 6.07) is -0.854. The molecule has 0 bridgehead atoms. The number of carbonyl (C=O) groups is 2. The molecule has 0 spiro atoms. The predicted octanol–water partition coefficient (Wildman–Crippen LogP) is 11.7. The number of rotatable bonds is 46. The van der Waals surface area contributed by atoms with Gasteiger partial charge in [-0.2, -0.15) is 0 Å². The maximum absolute atomic E-state index is 12.9. The Morgan fingerprint density at radius 1 is 0.567 bits per heavy atom.